The first-order valence-electron chi connectivity index (χ1n) is 3.38. The summed E-state index contributed by atoms with van der Waals surface area (Å²) in [6.07, 6.45) is 1.78. The quantitative estimate of drug-likeness (QED) is 0.629. The molecule has 0 radical (unpaired) electrons. The first kappa shape index (κ1) is 9.63. The first-order valence-corrected chi connectivity index (χ1v) is 4.17. The highest BCUT2D eigenvalue weighted by atomic mass is 79.9. The van der Waals surface area contributed by atoms with Crippen molar-refractivity contribution >= 4 is 15.9 Å². The maximum atomic E-state index is 4.03. The predicted octanol–water partition coefficient (Wildman–Crippen LogP) is 3.18. The highest BCUT2D eigenvalue weighted by molar-refractivity contribution is 9.10. The summed E-state index contributed by atoms with van der Waals surface area (Å²) >= 11 is 3.33. The topological polar surface area (TPSA) is 12.9 Å². The summed E-state index contributed by atoms with van der Waals surface area (Å²) in [7, 11) is 0. The molecule has 1 heterocycles. The smallest absolute Gasteiger partial charge is 0.0514 e. The molecule has 0 saturated heterocycles. The fraction of sp³-hybridized carbons (Fsp3) is 0.375. The third-order valence-corrected chi connectivity index (χ3v) is 1.78. The van der Waals surface area contributed by atoms with Crippen LogP contribution in [0.1, 0.15) is 19.5 Å². The Kier molecular flexibility index (Phi) is 5.22. The van der Waals surface area contributed by atoms with Crippen LogP contribution in [0.4, 0.5) is 0 Å². The number of nitrogens with zero attached hydrogens (tertiary/aromatic N) is 1. The van der Waals surface area contributed by atoms with E-state index >= 15 is 0 Å². The fourth-order valence-corrected chi connectivity index (χ4v) is 0.720. The zero-order valence-corrected chi connectivity index (χ0v) is 8.14. The van der Waals surface area contributed by atoms with Gasteiger partial charge in [-0.1, -0.05) is 13.8 Å². The zero-order chi connectivity index (χ0) is 7.98. The van der Waals surface area contributed by atoms with Crippen LogP contribution in [-0.2, 0) is 0 Å². The van der Waals surface area contributed by atoms with Crippen molar-refractivity contribution < 1.29 is 0 Å². The summed E-state index contributed by atoms with van der Waals surface area (Å²) < 4.78 is 1.07. The molecule has 0 fully saturated rings. The second-order valence-electron chi connectivity index (χ2n) is 1.57. The normalized spacial score (nSPS) is 8.00. The van der Waals surface area contributed by atoms with Crippen molar-refractivity contribution in [3.8, 4) is 0 Å². The summed E-state index contributed by atoms with van der Waals surface area (Å²) in [5, 5.41) is 0. The number of rotatable bonds is 0. The van der Waals surface area contributed by atoms with Gasteiger partial charge in [-0.05, 0) is 35.0 Å². The van der Waals surface area contributed by atoms with E-state index in [0.717, 1.165) is 10.2 Å². The molecule has 0 aromatic carbocycles. The van der Waals surface area contributed by atoms with E-state index in [-0.39, 0.29) is 0 Å². The highest BCUT2D eigenvalue weighted by Crippen LogP contribution is 2.10. The minimum atomic E-state index is 1.03. The van der Waals surface area contributed by atoms with Crippen LogP contribution in [0.3, 0.4) is 0 Å². The van der Waals surface area contributed by atoms with Crippen molar-refractivity contribution in [2.45, 2.75) is 20.8 Å². The van der Waals surface area contributed by atoms with E-state index < -0.39 is 0 Å². The average Bonchev–Trinajstić information content (AvgIpc) is 2.00. The van der Waals surface area contributed by atoms with E-state index in [1.54, 1.807) is 6.20 Å². The molecule has 1 nitrogen and oxygen atoms in total. The Morgan fingerprint density at radius 3 is 2.30 bits per heavy atom. The molecule has 0 amide bonds. The lowest BCUT2D eigenvalue weighted by atomic mass is 10.4. The van der Waals surface area contributed by atoms with Gasteiger partial charge in [0.05, 0.1) is 5.69 Å². The molecule has 0 spiro atoms. The summed E-state index contributed by atoms with van der Waals surface area (Å²) in [5.74, 6) is 0. The Morgan fingerprint density at radius 1 is 1.40 bits per heavy atom. The fourth-order valence-electron chi connectivity index (χ4n) is 0.465. The summed E-state index contributed by atoms with van der Waals surface area (Å²) in [6.45, 7) is 5.96. The van der Waals surface area contributed by atoms with Gasteiger partial charge in [0.1, 0.15) is 0 Å². The van der Waals surface area contributed by atoms with Gasteiger partial charge in [0, 0.05) is 10.7 Å². The van der Waals surface area contributed by atoms with Crippen molar-refractivity contribution in [1.29, 1.82) is 0 Å². The molecule has 56 valence electrons. The number of aromatic nitrogens is 1. The molecule has 2 heteroatoms. The van der Waals surface area contributed by atoms with Crippen molar-refractivity contribution in [2.24, 2.45) is 0 Å². The van der Waals surface area contributed by atoms with Crippen LogP contribution in [-0.4, -0.2) is 4.98 Å². The molecular formula is C8H12BrN. The van der Waals surface area contributed by atoms with Crippen LogP contribution in [0.5, 0.6) is 0 Å². The number of hydrogen-bond donors (Lipinski definition) is 0. The standard InChI is InChI=1S/C6H6BrN.C2H6/c1-5-6(7)3-2-4-8-5;1-2/h2-4H,1H3;1-2H3. The Morgan fingerprint density at radius 2 is 2.00 bits per heavy atom. The summed E-state index contributed by atoms with van der Waals surface area (Å²) in [6, 6.07) is 3.87. The Labute approximate surface area is 70.6 Å². The van der Waals surface area contributed by atoms with Gasteiger partial charge in [0.25, 0.3) is 0 Å². The van der Waals surface area contributed by atoms with Gasteiger partial charge in [-0.25, -0.2) is 0 Å². The maximum absolute atomic E-state index is 4.03. The van der Waals surface area contributed by atoms with E-state index in [9.17, 15) is 0 Å². The van der Waals surface area contributed by atoms with Crippen LogP contribution in [0.25, 0.3) is 0 Å². The van der Waals surface area contributed by atoms with Crippen LogP contribution < -0.4 is 0 Å². The van der Waals surface area contributed by atoms with E-state index in [2.05, 4.69) is 20.9 Å². The van der Waals surface area contributed by atoms with Crippen LogP contribution in [0, 0.1) is 6.92 Å². The second-order valence-corrected chi connectivity index (χ2v) is 2.42. The molecule has 0 bridgehead atoms. The van der Waals surface area contributed by atoms with Crippen LogP contribution >= 0.6 is 15.9 Å². The van der Waals surface area contributed by atoms with Gasteiger partial charge in [0.2, 0.25) is 0 Å². The average molecular weight is 202 g/mol. The van der Waals surface area contributed by atoms with Crippen molar-refractivity contribution in [3.05, 3.63) is 28.5 Å². The molecule has 0 N–H and O–H groups in total. The van der Waals surface area contributed by atoms with Gasteiger partial charge in [-0.2, -0.15) is 0 Å². The lowest BCUT2D eigenvalue weighted by Crippen LogP contribution is -1.77. The third-order valence-electron chi connectivity index (χ3n) is 0.942. The van der Waals surface area contributed by atoms with Crippen LogP contribution in [0.2, 0.25) is 0 Å². The van der Waals surface area contributed by atoms with Gasteiger partial charge >= 0.3 is 0 Å². The first-order chi connectivity index (χ1) is 4.80. The molecule has 0 unspecified atom stereocenters. The van der Waals surface area contributed by atoms with E-state index in [1.165, 1.54) is 0 Å². The molecule has 0 saturated carbocycles. The Balaban J connectivity index is 0.000000371. The minimum Gasteiger partial charge on any atom is -0.260 e. The van der Waals surface area contributed by atoms with Gasteiger partial charge in [0.15, 0.2) is 0 Å². The Bertz CT molecular complexity index is 165. The molecule has 1 aromatic heterocycles. The van der Waals surface area contributed by atoms with Crippen molar-refractivity contribution in [1.82, 2.24) is 4.98 Å². The second kappa shape index (κ2) is 5.42. The van der Waals surface area contributed by atoms with Crippen LogP contribution in [0.15, 0.2) is 22.8 Å². The monoisotopic (exact) mass is 201 g/mol. The number of hydrogen-bond acceptors (Lipinski definition) is 1. The molecule has 0 aliphatic carbocycles. The zero-order valence-electron chi connectivity index (χ0n) is 6.56. The third kappa shape index (κ3) is 2.97. The molecule has 10 heavy (non-hydrogen) atoms. The number of aryl methyl sites for hydroxylation is 1. The molecule has 1 rings (SSSR count). The lowest BCUT2D eigenvalue weighted by Gasteiger charge is -1.90. The highest BCUT2D eigenvalue weighted by Gasteiger charge is 1.87. The molecular weight excluding hydrogens is 190 g/mol. The van der Waals surface area contributed by atoms with Gasteiger partial charge in [-0.15, -0.1) is 0 Å². The maximum Gasteiger partial charge on any atom is 0.0514 e. The Hall–Kier alpha value is -0.370. The summed E-state index contributed by atoms with van der Waals surface area (Å²) in [5.41, 5.74) is 1.03. The van der Waals surface area contributed by atoms with E-state index in [1.807, 2.05) is 32.9 Å². The number of halogens is 1. The van der Waals surface area contributed by atoms with E-state index in [4.69, 9.17) is 0 Å². The molecule has 0 aliphatic heterocycles. The SMILES string of the molecule is CC.Cc1ncccc1Br. The van der Waals surface area contributed by atoms with Crippen molar-refractivity contribution in [3.63, 3.8) is 0 Å². The predicted molar refractivity (Wildman–Crippen MR) is 48.0 cm³/mol. The summed E-state index contributed by atoms with van der Waals surface area (Å²) in [4.78, 5) is 4.03. The van der Waals surface area contributed by atoms with Gasteiger partial charge in [-0.3, -0.25) is 4.98 Å². The van der Waals surface area contributed by atoms with Gasteiger partial charge < -0.3 is 0 Å². The molecule has 0 aliphatic rings. The number of pyridine rings is 1. The largest absolute Gasteiger partial charge is 0.260 e. The molecule has 0 atom stereocenters. The minimum absolute atomic E-state index is 1.03. The van der Waals surface area contributed by atoms with Crippen molar-refractivity contribution in [2.75, 3.05) is 0 Å². The van der Waals surface area contributed by atoms with E-state index in [0.29, 0.717) is 0 Å². The lowest BCUT2D eigenvalue weighted by molar-refractivity contribution is 1.18. The molecule has 1 aromatic rings.